The summed E-state index contributed by atoms with van der Waals surface area (Å²) in [6, 6.07) is 11.0. The minimum atomic E-state index is -2.91. The fourth-order valence-electron chi connectivity index (χ4n) is 3.28. The molecule has 28 heavy (non-hydrogen) atoms. The van der Waals surface area contributed by atoms with E-state index in [0.717, 1.165) is 33.2 Å². The van der Waals surface area contributed by atoms with Crippen LogP contribution in [0, 0.1) is 0 Å². The molecule has 0 aromatic carbocycles. The summed E-state index contributed by atoms with van der Waals surface area (Å²) in [4.78, 5) is 11.3. The fourth-order valence-corrected chi connectivity index (χ4v) is 3.28. The van der Waals surface area contributed by atoms with Crippen LogP contribution in [0.4, 0.5) is 8.78 Å². The number of rotatable bonds is 4. The molecule has 0 fully saturated rings. The van der Waals surface area contributed by atoms with E-state index in [4.69, 9.17) is 0 Å². The van der Waals surface area contributed by atoms with Crippen molar-refractivity contribution in [2.45, 2.75) is 6.61 Å². The highest BCUT2D eigenvalue weighted by Gasteiger charge is 2.13. The zero-order valence-electron chi connectivity index (χ0n) is 14.4. The lowest BCUT2D eigenvalue weighted by Crippen LogP contribution is -2.03. The molecule has 1 N–H and O–H groups in total. The van der Waals surface area contributed by atoms with Crippen LogP contribution >= 0.6 is 0 Å². The Morgan fingerprint density at radius 2 is 1.96 bits per heavy atom. The van der Waals surface area contributed by atoms with Crippen LogP contribution in [0.2, 0.25) is 0 Å². The van der Waals surface area contributed by atoms with Crippen molar-refractivity contribution in [2.24, 2.45) is 0 Å². The molecule has 5 rings (SSSR count). The molecule has 0 atom stereocenters. The van der Waals surface area contributed by atoms with Gasteiger partial charge in [-0.15, -0.1) is 0 Å². The standard InChI is InChI=1S/C20H13F2N5O/c21-20(22)28-18-4-3-14-15(10-24-19(14)26-18)12-5-7-27-17(8-12)16(11-25-27)13-2-1-6-23-9-13/h1-11,20H,(H,24,26). The molecule has 138 valence electrons. The van der Waals surface area contributed by atoms with Crippen LogP contribution in [0.1, 0.15) is 0 Å². The lowest BCUT2D eigenvalue weighted by Gasteiger charge is -2.05. The van der Waals surface area contributed by atoms with E-state index in [0.29, 0.717) is 5.65 Å². The number of H-pyrrole nitrogens is 1. The molecule has 0 aliphatic heterocycles. The number of nitrogens with zero attached hydrogens (tertiary/aromatic N) is 4. The molecule has 0 spiro atoms. The third-order valence-corrected chi connectivity index (χ3v) is 4.53. The maximum absolute atomic E-state index is 12.4. The van der Waals surface area contributed by atoms with E-state index >= 15 is 0 Å². The maximum atomic E-state index is 12.4. The second kappa shape index (κ2) is 6.41. The summed E-state index contributed by atoms with van der Waals surface area (Å²) in [5.74, 6) is -0.124. The van der Waals surface area contributed by atoms with Gasteiger partial charge < -0.3 is 9.72 Å². The van der Waals surface area contributed by atoms with Crippen molar-refractivity contribution < 1.29 is 13.5 Å². The van der Waals surface area contributed by atoms with Gasteiger partial charge in [0.25, 0.3) is 0 Å². The molecule has 5 aromatic rings. The largest absolute Gasteiger partial charge is 0.417 e. The Balaban J connectivity index is 1.61. The topological polar surface area (TPSA) is 68.1 Å². The normalized spacial score (nSPS) is 11.5. The van der Waals surface area contributed by atoms with Crippen molar-refractivity contribution in [3.63, 3.8) is 0 Å². The summed E-state index contributed by atoms with van der Waals surface area (Å²) in [5.41, 5.74) is 5.23. The number of halogens is 2. The minimum absolute atomic E-state index is 0.124. The summed E-state index contributed by atoms with van der Waals surface area (Å²) < 4.78 is 31.0. The highest BCUT2D eigenvalue weighted by Crippen LogP contribution is 2.32. The van der Waals surface area contributed by atoms with Crippen LogP contribution < -0.4 is 4.74 Å². The predicted octanol–water partition coefficient (Wildman–Crippen LogP) is 4.54. The van der Waals surface area contributed by atoms with Crippen molar-refractivity contribution in [2.75, 3.05) is 0 Å². The van der Waals surface area contributed by atoms with E-state index in [1.807, 2.05) is 30.5 Å². The highest BCUT2D eigenvalue weighted by molar-refractivity contribution is 5.95. The number of aromatic amines is 1. The molecular weight excluding hydrogens is 364 g/mol. The molecule has 5 aromatic heterocycles. The van der Waals surface area contributed by atoms with E-state index in [1.165, 1.54) is 6.07 Å². The Hall–Kier alpha value is -3.81. The summed E-state index contributed by atoms with van der Waals surface area (Å²) in [6.45, 7) is -2.91. The lowest BCUT2D eigenvalue weighted by molar-refractivity contribution is -0.0526. The highest BCUT2D eigenvalue weighted by atomic mass is 19.3. The quantitative estimate of drug-likeness (QED) is 0.499. The number of pyridine rings is 3. The van der Waals surface area contributed by atoms with E-state index in [1.54, 1.807) is 35.4 Å². The van der Waals surface area contributed by atoms with Gasteiger partial charge in [-0.2, -0.15) is 18.9 Å². The number of hydrogen-bond acceptors (Lipinski definition) is 4. The average Bonchev–Trinajstić information content (AvgIpc) is 3.31. The summed E-state index contributed by atoms with van der Waals surface area (Å²) >= 11 is 0. The number of fused-ring (bicyclic) bond motifs is 2. The number of ether oxygens (including phenoxy) is 1. The van der Waals surface area contributed by atoms with Crippen molar-refractivity contribution in [1.29, 1.82) is 0 Å². The number of alkyl halides is 2. The van der Waals surface area contributed by atoms with Crippen molar-refractivity contribution in [1.82, 2.24) is 24.6 Å². The van der Waals surface area contributed by atoms with Gasteiger partial charge in [0.05, 0.1) is 11.7 Å². The van der Waals surface area contributed by atoms with Gasteiger partial charge in [-0.25, -0.2) is 4.52 Å². The second-order valence-corrected chi connectivity index (χ2v) is 6.17. The van der Waals surface area contributed by atoms with Gasteiger partial charge in [-0.1, -0.05) is 6.07 Å². The Bertz CT molecular complexity index is 1280. The van der Waals surface area contributed by atoms with Gasteiger partial charge in [0.2, 0.25) is 5.88 Å². The molecule has 8 heteroatoms. The van der Waals surface area contributed by atoms with Gasteiger partial charge >= 0.3 is 6.61 Å². The van der Waals surface area contributed by atoms with Gasteiger partial charge in [-0.3, -0.25) is 4.98 Å². The first kappa shape index (κ1) is 16.4. The first-order valence-electron chi connectivity index (χ1n) is 8.50. The third-order valence-electron chi connectivity index (χ3n) is 4.53. The van der Waals surface area contributed by atoms with Gasteiger partial charge in [0, 0.05) is 52.9 Å². The maximum Gasteiger partial charge on any atom is 0.388 e. The molecular formula is C20H13F2N5O. The van der Waals surface area contributed by atoms with E-state index in [9.17, 15) is 8.78 Å². The summed E-state index contributed by atoms with van der Waals surface area (Å²) in [7, 11) is 0. The van der Waals surface area contributed by atoms with Crippen LogP contribution in [-0.4, -0.2) is 31.2 Å². The molecule has 6 nitrogen and oxygen atoms in total. The first-order valence-corrected chi connectivity index (χ1v) is 8.50. The predicted molar refractivity (Wildman–Crippen MR) is 100 cm³/mol. The van der Waals surface area contributed by atoms with Crippen molar-refractivity contribution in [3.05, 3.63) is 67.4 Å². The summed E-state index contributed by atoms with van der Waals surface area (Å²) in [6.07, 6.45) is 9.01. The Morgan fingerprint density at radius 1 is 1.04 bits per heavy atom. The Kier molecular flexibility index (Phi) is 3.75. The van der Waals surface area contributed by atoms with Crippen LogP contribution in [0.15, 0.2) is 67.4 Å². The molecule has 0 radical (unpaired) electrons. The molecule has 0 saturated heterocycles. The molecule has 0 unspecified atom stereocenters. The fraction of sp³-hybridized carbons (Fsp3) is 0.0500. The van der Waals surface area contributed by atoms with E-state index in [-0.39, 0.29) is 5.88 Å². The first-order chi connectivity index (χ1) is 13.7. The van der Waals surface area contributed by atoms with E-state index in [2.05, 4.69) is 24.8 Å². The molecule has 0 aliphatic carbocycles. The van der Waals surface area contributed by atoms with E-state index < -0.39 is 6.61 Å². The minimum Gasteiger partial charge on any atom is -0.417 e. The van der Waals surface area contributed by atoms with Crippen LogP contribution in [0.3, 0.4) is 0 Å². The summed E-state index contributed by atoms with van der Waals surface area (Å²) in [5, 5.41) is 5.21. The zero-order valence-corrected chi connectivity index (χ0v) is 14.4. The third kappa shape index (κ3) is 2.75. The Morgan fingerprint density at radius 3 is 2.79 bits per heavy atom. The number of aromatic nitrogens is 5. The van der Waals surface area contributed by atoms with Crippen LogP contribution in [-0.2, 0) is 0 Å². The number of nitrogens with one attached hydrogen (secondary N) is 1. The molecule has 0 amide bonds. The zero-order chi connectivity index (χ0) is 19.1. The average molecular weight is 377 g/mol. The molecule has 0 aliphatic rings. The monoisotopic (exact) mass is 377 g/mol. The molecule has 0 saturated carbocycles. The van der Waals surface area contributed by atoms with Crippen molar-refractivity contribution in [3.8, 4) is 28.1 Å². The van der Waals surface area contributed by atoms with Gasteiger partial charge in [0.15, 0.2) is 0 Å². The number of hydrogen-bond donors (Lipinski definition) is 1. The second-order valence-electron chi connectivity index (χ2n) is 6.17. The van der Waals surface area contributed by atoms with Gasteiger partial charge in [-0.05, 0) is 29.8 Å². The SMILES string of the molecule is FC(F)Oc1ccc2c(-c3ccn4ncc(-c5cccnc5)c4c3)c[nH]c2n1. The molecule has 5 heterocycles. The lowest BCUT2D eigenvalue weighted by atomic mass is 10.0. The van der Waals surface area contributed by atoms with Crippen molar-refractivity contribution >= 4 is 16.6 Å². The van der Waals surface area contributed by atoms with Crippen LogP contribution in [0.5, 0.6) is 5.88 Å². The Labute approximate surface area is 157 Å². The van der Waals surface area contributed by atoms with Gasteiger partial charge in [0.1, 0.15) is 5.65 Å². The smallest absolute Gasteiger partial charge is 0.388 e. The molecule has 0 bridgehead atoms. The van der Waals surface area contributed by atoms with Crippen LogP contribution in [0.25, 0.3) is 38.8 Å².